The first-order valence-corrected chi connectivity index (χ1v) is 7.63. The molecule has 0 aromatic carbocycles. The SMILES string of the molecule is CC(NS(C)(=O)=O)C(=O)OCCc1cn[nH]c1C(F)(F)F. The van der Waals surface area contributed by atoms with Gasteiger partial charge in [0.25, 0.3) is 0 Å². The third-order valence-corrected chi connectivity index (χ3v) is 3.14. The molecule has 11 heteroatoms. The van der Waals surface area contributed by atoms with Gasteiger partial charge in [0, 0.05) is 12.0 Å². The molecule has 0 spiro atoms. The lowest BCUT2D eigenvalue weighted by Gasteiger charge is -2.12. The van der Waals surface area contributed by atoms with E-state index in [0.29, 0.717) is 0 Å². The molecule has 7 nitrogen and oxygen atoms in total. The zero-order chi connectivity index (χ0) is 16.3. The minimum absolute atomic E-state index is 0.140. The van der Waals surface area contributed by atoms with Crippen LogP contribution in [-0.2, 0) is 32.2 Å². The summed E-state index contributed by atoms with van der Waals surface area (Å²) < 4.78 is 66.1. The molecule has 0 radical (unpaired) electrons. The van der Waals surface area contributed by atoms with E-state index in [0.717, 1.165) is 12.5 Å². The number of nitrogens with one attached hydrogen (secondary N) is 2. The number of carbonyl (C=O) groups excluding carboxylic acids is 1. The van der Waals surface area contributed by atoms with Crippen LogP contribution in [0.2, 0.25) is 0 Å². The molecule has 1 aromatic heterocycles. The van der Waals surface area contributed by atoms with Gasteiger partial charge in [0.15, 0.2) is 0 Å². The Morgan fingerprint density at radius 2 is 2.14 bits per heavy atom. The second-order valence-electron chi connectivity index (χ2n) is 4.30. The van der Waals surface area contributed by atoms with Crippen LogP contribution in [0.25, 0.3) is 0 Å². The molecule has 21 heavy (non-hydrogen) atoms. The van der Waals surface area contributed by atoms with Crippen molar-refractivity contribution in [2.24, 2.45) is 0 Å². The van der Waals surface area contributed by atoms with E-state index in [2.05, 4.69) is 5.10 Å². The lowest BCUT2D eigenvalue weighted by Crippen LogP contribution is -2.39. The van der Waals surface area contributed by atoms with Crippen molar-refractivity contribution in [2.45, 2.75) is 25.6 Å². The highest BCUT2D eigenvalue weighted by Gasteiger charge is 2.35. The average molecular weight is 329 g/mol. The molecule has 120 valence electrons. The standard InChI is InChI=1S/C10H14F3N3O4S/c1-6(16-21(2,18)19)9(17)20-4-3-7-5-14-15-8(7)10(11,12)13/h5-6,16H,3-4H2,1-2H3,(H,14,15). The van der Waals surface area contributed by atoms with Gasteiger partial charge in [0.05, 0.1) is 19.1 Å². The van der Waals surface area contributed by atoms with Crippen LogP contribution in [0.3, 0.4) is 0 Å². The van der Waals surface area contributed by atoms with Crippen LogP contribution < -0.4 is 4.72 Å². The Balaban J connectivity index is 2.51. The molecule has 1 rings (SSSR count). The van der Waals surface area contributed by atoms with Crippen molar-refractivity contribution < 1.29 is 31.1 Å². The van der Waals surface area contributed by atoms with Crippen LogP contribution in [0.5, 0.6) is 0 Å². The zero-order valence-electron chi connectivity index (χ0n) is 11.2. The van der Waals surface area contributed by atoms with Gasteiger partial charge < -0.3 is 4.74 Å². The van der Waals surface area contributed by atoms with E-state index >= 15 is 0 Å². The summed E-state index contributed by atoms with van der Waals surface area (Å²) in [6, 6.07) is -1.12. The van der Waals surface area contributed by atoms with Gasteiger partial charge in [-0.05, 0) is 6.92 Å². The number of halogens is 3. The molecule has 2 N–H and O–H groups in total. The van der Waals surface area contributed by atoms with Crippen molar-refractivity contribution >= 4 is 16.0 Å². The van der Waals surface area contributed by atoms with Gasteiger partial charge in [0.1, 0.15) is 11.7 Å². The first kappa shape index (κ1) is 17.4. The molecule has 0 fully saturated rings. The Morgan fingerprint density at radius 3 is 2.67 bits per heavy atom. The second-order valence-corrected chi connectivity index (χ2v) is 6.08. The van der Waals surface area contributed by atoms with Crippen LogP contribution in [0.1, 0.15) is 18.2 Å². The lowest BCUT2D eigenvalue weighted by atomic mass is 10.2. The Bertz CT molecular complexity index is 597. The molecule has 1 atom stereocenters. The Labute approximate surface area is 118 Å². The van der Waals surface area contributed by atoms with Crippen molar-refractivity contribution in [3.05, 3.63) is 17.5 Å². The molecule has 1 heterocycles. The monoisotopic (exact) mass is 329 g/mol. The van der Waals surface area contributed by atoms with E-state index in [1.54, 1.807) is 0 Å². The zero-order valence-corrected chi connectivity index (χ0v) is 12.0. The van der Waals surface area contributed by atoms with Crippen LogP contribution in [0.4, 0.5) is 13.2 Å². The van der Waals surface area contributed by atoms with Crippen molar-refractivity contribution in [1.82, 2.24) is 14.9 Å². The molecular weight excluding hydrogens is 315 g/mol. The molecule has 0 bridgehead atoms. The molecule has 0 aliphatic carbocycles. The van der Waals surface area contributed by atoms with Gasteiger partial charge >= 0.3 is 12.1 Å². The third kappa shape index (κ3) is 5.71. The predicted molar refractivity (Wildman–Crippen MR) is 65.7 cm³/mol. The number of esters is 1. The predicted octanol–water partition coefficient (Wildman–Crippen LogP) is 0.452. The highest BCUT2D eigenvalue weighted by atomic mass is 32.2. The molecule has 0 saturated carbocycles. The number of aromatic nitrogens is 2. The molecule has 1 aromatic rings. The fraction of sp³-hybridized carbons (Fsp3) is 0.600. The number of ether oxygens (including phenoxy) is 1. The van der Waals surface area contributed by atoms with Gasteiger partial charge in [-0.3, -0.25) is 9.89 Å². The molecule has 1 unspecified atom stereocenters. The molecule has 0 amide bonds. The number of carbonyl (C=O) groups is 1. The van der Waals surface area contributed by atoms with Crippen LogP contribution in [-0.4, -0.2) is 43.5 Å². The second kappa shape index (κ2) is 6.43. The minimum Gasteiger partial charge on any atom is -0.464 e. The largest absolute Gasteiger partial charge is 0.464 e. The Kier molecular flexibility index (Phi) is 5.34. The van der Waals surface area contributed by atoms with Gasteiger partial charge in [-0.2, -0.15) is 18.3 Å². The lowest BCUT2D eigenvalue weighted by molar-refractivity contribution is -0.145. The summed E-state index contributed by atoms with van der Waals surface area (Å²) in [7, 11) is -3.58. The molecule has 0 aliphatic rings. The van der Waals surface area contributed by atoms with Gasteiger partial charge in [-0.15, -0.1) is 0 Å². The number of hydrogen-bond acceptors (Lipinski definition) is 5. The van der Waals surface area contributed by atoms with Crippen molar-refractivity contribution in [3.63, 3.8) is 0 Å². The van der Waals surface area contributed by atoms with E-state index < -0.39 is 33.9 Å². The highest BCUT2D eigenvalue weighted by molar-refractivity contribution is 7.88. The Morgan fingerprint density at radius 1 is 1.52 bits per heavy atom. The average Bonchev–Trinajstić information content (AvgIpc) is 2.74. The number of sulfonamides is 1. The van der Waals surface area contributed by atoms with E-state index in [4.69, 9.17) is 4.74 Å². The summed E-state index contributed by atoms with van der Waals surface area (Å²) in [5, 5.41) is 5.12. The van der Waals surface area contributed by atoms with Crippen molar-refractivity contribution in [3.8, 4) is 0 Å². The fourth-order valence-corrected chi connectivity index (χ4v) is 2.24. The Hall–Kier alpha value is -1.62. The number of H-pyrrole nitrogens is 1. The van der Waals surface area contributed by atoms with Crippen LogP contribution >= 0.6 is 0 Å². The van der Waals surface area contributed by atoms with Crippen LogP contribution in [0.15, 0.2) is 6.20 Å². The molecule has 0 aliphatic heterocycles. The van der Waals surface area contributed by atoms with E-state index in [9.17, 15) is 26.4 Å². The summed E-state index contributed by atoms with van der Waals surface area (Å²) in [5.41, 5.74) is -1.14. The number of aromatic amines is 1. The quantitative estimate of drug-likeness (QED) is 0.738. The topological polar surface area (TPSA) is 101 Å². The first-order valence-electron chi connectivity index (χ1n) is 5.74. The highest BCUT2D eigenvalue weighted by Crippen LogP contribution is 2.30. The summed E-state index contributed by atoms with van der Waals surface area (Å²) in [6.45, 7) is 0.944. The van der Waals surface area contributed by atoms with Gasteiger partial charge in [-0.25, -0.2) is 13.1 Å². The molecule has 0 saturated heterocycles. The summed E-state index contributed by atoms with van der Waals surface area (Å²) in [4.78, 5) is 11.4. The maximum atomic E-state index is 12.5. The number of rotatable bonds is 6. The van der Waals surface area contributed by atoms with E-state index in [1.807, 2.05) is 9.82 Å². The van der Waals surface area contributed by atoms with E-state index in [-0.39, 0.29) is 18.6 Å². The number of nitrogens with zero attached hydrogens (tertiary/aromatic N) is 1. The number of hydrogen-bond donors (Lipinski definition) is 2. The molecular formula is C10H14F3N3O4S. The normalized spacial score (nSPS) is 14.0. The first-order chi connectivity index (χ1) is 9.50. The minimum atomic E-state index is -4.57. The fourth-order valence-electron chi connectivity index (χ4n) is 1.50. The summed E-state index contributed by atoms with van der Waals surface area (Å²) in [5.74, 6) is -0.877. The maximum Gasteiger partial charge on any atom is 0.433 e. The van der Waals surface area contributed by atoms with Crippen molar-refractivity contribution in [1.29, 1.82) is 0 Å². The summed E-state index contributed by atoms with van der Waals surface area (Å²) in [6.07, 6.45) is -2.89. The van der Waals surface area contributed by atoms with Gasteiger partial charge in [0.2, 0.25) is 10.0 Å². The maximum absolute atomic E-state index is 12.5. The van der Waals surface area contributed by atoms with Gasteiger partial charge in [-0.1, -0.05) is 0 Å². The third-order valence-electron chi connectivity index (χ3n) is 2.36. The van der Waals surface area contributed by atoms with Crippen molar-refractivity contribution in [2.75, 3.05) is 12.9 Å². The summed E-state index contributed by atoms with van der Waals surface area (Å²) >= 11 is 0. The van der Waals surface area contributed by atoms with Crippen LogP contribution in [0, 0.1) is 0 Å². The smallest absolute Gasteiger partial charge is 0.433 e. The number of alkyl halides is 3. The van der Waals surface area contributed by atoms with E-state index in [1.165, 1.54) is 6.92 Å².